The molecule has 0 radical (unpaired) electrons. The molecular formula is C12H13ClN4O. The molecule has 5 nitrogen and oxygen atoms in total. The fraction of sp³-hybridized carbons (Fsp3) is 0.417. The van der Waals surface area contributed by atoms with Gasteiger partial charge in [0.1, 0.15) is 11.0 Å². The molecule has 94 valence electrons. The molecular weight excluding hydrogens is 252 g/mol. The average Bonchev–Trinajstić information content (AvgIpc) is 3.06. The quantitative estimate of drug-likeness (QED) is 0.791. The first kappa shape index (κ1) is 11.5. The van der Waals surface area contributed by atoms with Gasteiger partial charge in [-0.15, -0.1) is 0 Å². The third-order valence-electron chi connectivity index (χ3n) is 3.04. The molecule has 18 heavy (non-hydrogen) atoms. The van der Waals surface area contributed by atoms with Crippen molar-refractivity contribution >= 4 is 11.6 Å². The lowest BCUT2D eigenvalue weighted by Crippen LogP contribution is -2.25. The van der Waals surface area contributed by atoms with Gasteiger partial charge < -0.3 is 0 Å². The van der Waals surface area contributed by atoms with Gasteiger partial charge in [0.05, 0.1) is 12.2 Å². The first-order chi connectivity index (χ1) is 8.63. The minimum Gasteiger partial charge on any atom is -0.290 e. The molecule has 0 atom stereocenters. The molecule has 0 unspecified atom stereocenters. The number of rotatable bonds is 3. The van der Waals surface area contributed by atoms with Gasteiger partial charge >= 0.3 is 0 Å². The van der Waals surface area contributed by atoms with Gasteiger partial charge in [0.2, 0.25) is 0 Å². The van der Waals surface area contributed by atoms with E-state index in [1.54, 1.807) is 9.25 Å². The van der Waals surface area contributed by atoms with E-state index >= 15 is 0 Å². The zero-order chi connectivity index (χ0) is 12.7. The van der Waals surface area contributed by atoms with Gasteiger partial charge in [0.15, 0.2) is 0 Å². The van der Waals surface area contributed by atoms with E-state index in [2.05, 4.69) is 10.1 Å². The summed E-state index contributed by atoms with van der Waals surface area (Å²) in [6, 6.07) is 3.26. The second kappa shape index (κ2) is 4.24. The molecule has 0 saturated heterocycles. The van der Waals surface area contributed by atoms with Crippen molar-refractivity contribution in [1.82, 2.24) is 19.3 Å². The van der Waals surface area contributed by atoms with E-state index in [0.717, 1.165) is 24.4 Å². The molecule has 0 bridgehead atoms. The summed E-state index contributed by atoms with van der Waals surface area (Å²) in [6.07, 6.45) is 4.02. The summed E-state index contributed by atoms with van der Waals surface area (Å²) in [5.74, 6) is 1.17. The van der Waals surface area contributed by atoms with Crippen LogP contribution in [-0.2, 0) is 13.6 Å². The highest BCUT2D eigenvalue weighted by molar-refractivity contribution is 6.29. The second-order valence-electron chi connectivity index (χ2n) is 4.62. The molecule has 2 aromatic rings. The minimum atomic E-state index is -0.109. The molecule has 2 heterocycles. The molecule has 6 heteroatoms. The third-order valence-corrected chi connectivity index (χ3v) is 3.23. The summed E-state index contributed by atoms with van der Waals surface area (Å²) >= 11 is 5.86. The lowest BCUT2D eigenvalue weighted by atomic mass is 10.3. The average molecular weight is 265 g/mol. The van der Waals surface area contributed by atoms with Gasteiger partial charge in [0, 0.05) is 25.2 Å². The molecule has 3 rings (SSSR count). The van der Waals surface area contributed by atoms with Crippen LogP contribution < -0.4 is 5.56 Å². The highest BCUT2D eigenvalue weighted by atomic mass is 35.5. The fourth-order valence-electron chi connectivity index (χ4n) is 2.02. The Morgan fingerprint density at radius 2 is 2.28 bits per heavy atom. The van der Waals surface area contributed by atoms with E-state index in [9.17, 15) is 4.79 Å². The minimum absolute atomic E-state index is 0.109. The van der Waals surface area contributed by atoms with Crippen molar-refractivity contribution in [2.24, 2.45) is 7.05 Å². The van der Waals surface area contributed by atoms with Crippen LogP contribution in [0.4, 0.5) is 0 Å². The summed E-state index contributed by atoms with van der Waals surface area (Å²) in [5, 5.41) is 4.56. The van der Waals surface area contributed by atoms with Gasteiger partial charge in [-0.05, 0) is 18.9 Å². The predicted octanol–water partition coefficient (Wildman–Crippen LogP) is 1.56. The summed E-state index contributed by atoms with van der Waals surface area (Å²) in [6.45, 7) is 0.454. The molecule has 0 N–H and O–H groups in total. The summed E-state index contributed by atoms with van der Waals surface area (Å²) in [5.41, 5.74) is 0.744. The van der Waals surface area contributed by atoms with Crippen molar-refractivity contribution in [3.05, 3.63) is 45.4 Å². The molecule has 0 aliphatic heterocycles. The van der Waals surface area contributed by atoms with Gasteiger partial charge in [-0.1, -0.05) is 11.6 Å². The van der Waals surface area contributed by atoms with Crippen molar-refractivity contribution in [1.29, 1.82) is 0 Å². The first-order valence-electron chi connectivity index (χ1n) is 5.89. The smallest absolute Gasteiger partial charge is 0.255 e. The Morgan fingerprint density at radius 3 is 2.89 bits per heavy atom. The molecule has 0 aromatic carbocycles. The van der Waals surface area contributed by atoms with Crippen LogP contribution in [0, 0.1) is 0 Å². The predicted molar refractivity (Wildman–Crippen MR) is 67.8 cm³/mol. The zero-order valence-electron chi connectivity index (χ0n) is 10.0. The largest absolute Gasteiger partial charge is 0.290 e. The Bertz CT molecular complexity index is 642. The summed E-state index contributed by atoms with van der Waals surface area (Å²) < 4.78 is 3.40. The van der Waals surface area contributed by atoms with Crippen LogP contribution in [-0.4, -0.2) is 19.3 Å². The van der Waals surface area contributed by atoms with Crippen LogP contribution >= 0.6 is 11.6 Å². The van der Waals surface area contributed by atoms with E-state index in [1.807, 2.05) is 19.3 Å². The molecule has 0 amide bonds. The van der Waals surface area contributed by atoms with Gasteiger partial charge in [-0.25, -0.2) is 4.98 Å². The van der Waals surface area contributed by atoms with Crippen molar-refractivity contribution < 1.29 is 0 Å². The third kappa shape index (κ3) is 2.18. The molecule has 1 aliphatic carbocycles. The van der Waals surface area contributed by atoms with Crippen LogP contribution in [0.2, 0.25) is 5.15 Å². The van der Waals surface area contributed by atoms with E-state index in [1.165, 1.54) is 6.07 Å². The number of halogens is 1. The maximum atomic E-state index is 12.0. The number of aryl methyl sites for hydroxylation is 1. The van der Waals surface area contributed by atoms with Crippen molar-refractivity contribution in [2.45, 2.75) is 25.3 Å². The maximum Gasteiger partial charge on any atom is 0.255 e. The van der Waals surface area contributed by atoms with Gasteiger partial charge in [-0.2, -0.15) is 5.10 Å². The standard InChI is InChI=1S/C12H13ClN4O/c1-16-5-4-9(15-16)7-17-11(18)6-10(13)14-12(17)8-2-3-8/h4-6,8H,2-3,7H2,1H3. The second-order valence-corrected chi connectivity index (χ2v) is 5.00. The van der Waals surface area contributed by atoms with Crippen LogP contribution in [0.25, 0.3) is 0 Å². The summed E-state index contributed by atoms with van der Waals surface area (Å²) in [7, 11) is 1.86. The van der Waals surface area contributed by atoms with E-state index in [-0.39, 0.29) is 10.7 Å². The zero-order valence-corrected chi connectivity index (χ0v) is 10.8. The number of hydrogen-bond donors (Lipinski definition) is 0. The molecule has 1 saturated carbocycles. The van der Waals surface area contributed by atoms with E-state index in [0.29, 0.717) is 12.5 Å². The Kier molecular flexibility index (Phi) is 2.70. The van der Waals surface area contributed by atoms with Gasteiger partial charge in [-0.3, -0.25) is 14.0 Å². The van der Waals surface area contributed by atoms with Crippen molar-refractivity contribution in [2.75, 3.05) is 0 Å². The first-order valence-corrected chi connectivity index (χ1v) is 6.27. The van der Waals surface area contributed by atoms with Crippen LogP contribution in [0.15, 0.2) is 23.1 Å². The lowest BCUT2D eigenvalue weighted by Gasteiger charge is -2.10. The normalized spacial score (nSPS) is 15.0. The fourth-order valence-corrected chi connectivity index (χ4v) is 2.20. The Hall–Kier alpha value is -1.62. The maximum absolute atomic E-state index is 12.0. The van der Waals surface area contributed by atoms with E-state index in [4.69, 9.17) is 11.6 Å². The molecule has 1 fully saturated rings. The van der Waals surface area contributed by atoms with E-state index < -0.39 is 0 Å². The monoisotopic (exact) mass is 264 g/mol. The van der Waals surface area contributed by atoms with Gasteiger partial charge in [0.25, 0.3) is 5.56 Å². The Labute approximate surface area is 109 Å². The number of aromatic nitrogens is 4. The SMILES string of the molecule is Cn1ccc(Cn2c(C3CC3)nc(Cl)cc2=O)n1. The van der Waals surface area contributed by atoms with Crippen molar-refractivity contribution in [3.8, 4) is 0 Å². The number of nitrogens with zero attached hydrogens (tertiary/aromatic N) is 4. The highest BCUT2D eigenvalue weighted by Crippen LogP contribution is 2.38. The molecule has 1 aliphatic rings. The molecule has 0 spiro atoms. The Balaban J connectivity index is 2.02. The van der Waals surface area contributed by atoms with Crippen LogP contribution in [0.5, 0.6) is 0 Å². The topological polar surface area (TPSA) is 52.7 Å². The van der Waals surface area contributed by atoms with Crippen LogP contribution in [0.3, 0.4) is 0 Å². The van der Waals surface area contributed by atoms with Crippen molar-refractivity contribution in [3.63, 3.8) is 0 Å². The Morgan fingerprint density at radius 1 is 1.50 bits per heavy atom. The highest BCUT2D eigenvalue weighted by Gasteiger charge is 2.29. The summed E-state index contributed by atoms with van der Waals surface area (Å²) in [4.78, 5) is 16.3. The molecule has 2 aromatic heterocycles. The lowest BCUT2D eigenvalue weighted by molar-refractivity contribution is 0.641. The number of hydrogen-bond acceptors (Lipinski definition) is 3. The van der Waals surface area contributed by atoms with Crippen LogP contribution in [0.1, 0.15) is 30.3 Å².